The van der Waals surface area contributed by atoms with E-state index < -0.39 is 22.0 Å². The minimum Gasteiger partial charge on any atom is -0.487 e. The molecule has 1 atom stereocenters. The molecule has 0 spiro atoms. The fourth-order valence-electron chi connectivity index (χ4n) is 3.77. The van der Waals surface area contributed by atoms with E-state index in [-0.39, 0.29) is 29.6 Å². The van der Waals surface area contributed by atoms with Crippen molar-refractivity contribution < 1.29 is 22.7 Å². The number of aliphatic imine (C=N–C) groups is 1. The largest absolute Gasteiger partial charge is 0.487 e. The van der Waals surface area contributed by atoms with Crippen LogP contribution in [0.15, 0.2) is 22.5 Å². The second-order valence-corrected chi connectivity index (χ2v) is 10.2. The summed E-state index contributed by atoms with van der Waals surface area (Å²) in [5.74, 6) is -0.136. The number of carbonyl (C=O) groups is 1. The van der Waals surface area contributed by atoms with E-state index >= 15 is 0 Å². The van der Waals surface area contributed by atoms with Crippen LogP contribution in [-0.2, 0) is 26.0 Å². The molecule has 0 bridgehead atoms. The molecule has 0 radical (unpaired) electrons. The summed E-state index contributed by atoms with van der Waals surface area (Å²) in [6, 6.07) is -0.785. The normalized spacial score (nSPS) is 16.1. The van der Waals surface area contributed by atoms with Crippen molar-refractivity contribution >= 4 is 22.0 Å². The van der Waals surface area contributed by atoms with Crippen molar-refractivity contribution in [3.05, 3.63) is 34.9 Å². The van der Waals surface area contributed by atoms with Crippen LogP contribution in [0.25, 0.3) is 0 Å². The molecule has 178 valence electrons. The Balaban J connectivity index is 2.10. The molecule has 0 unspecified atom stereocenters. The molecule has 32 heavy (non-hydrogen) atoms. The third-order valence-electron chi connectivity index (χ3n) is 5.40. The summed E-state index contributed by atoms with van der Waals surface area (Å²) in [5.41, 5.74) is 14.3. The second kappa shape index (κ2) is 9.91. The lowest BCUT2D eigenvalue weighted by atomic mass is 9.93. The Morgan fingerprint density at radius 2 is 1.97 bits per heavy atom. The predicted octanol–water partition coefficient (Wildman–Crippen LogP) is 1.76. The Hall–Kier alpha value is -2.59. The highest BCUT2D eigenvalue weighted by Gasteiger charge is 2.36. The minimum atomic E-state index is -3.97. The summed E-state index contributed by atoms with van der Waals surface area (Å²) < 4.78 is 39.5. The molecule has 1 aliphatic heterocycles. The van der Waals surface area contributed by atoms with E-state index in [1.807, 2.05) is 20.8 Å². The van der Waals surface area contributed by atoms with Gasteiger partial charge in [-0.2, -0.15) is 0 Å². The van der Waals surface area contributed by atoms with Crippen LogP contribution in [0.3, 0.4) is 0 Å². The molecule has 1 aromatic carbocycles. The smallest absolute Gasteiger partial charge is 0.323 e. The summed E-state index contributed by atoms with van der Waals surface area (Å²) in [7, 11) is -3.97. The van der Waals surface area contributed by atoms with Crippen LogP contribution in [0.2, 0.25) is 0 Å². The van der Waals surface area contributed by atoms with Crippen LogP contribution in [0.1, 0.15) is 48.9 Å². The first kappa shape index (κ1) is 25.7. The molecule has 9 nitrogen and oxygen atoms in total. The van der Waals surface area contributed by atoms with Crippen molar-refractivity contribution in [1.82, 2.24) is 4.72 Å². The van der Waals surface area contributed by atoms with E-state index in [4.69, 9.17) is 20.9 Å². The quantitative estimate of drug-likeness (QED) is 0.165. The highest BCUT2D eigenvalue weighted by atomic mass is 32.2. The zero-order valence-corrected chi connectivity index (χ0v) is 20.3. The fourth-order valence-corrected chi connectivity index (χ4v) is 5.26. The van der Waals surface area contributed by atoms with E-state index in [1.54, 1.807) is 13.8 Å². The molecule has 5 N–H and O–H groups in total. The zero-order chi connectivity index (χ0) is 24.3. The average molecular weight is 467 g/mol. The summed E-state index contributed by atoms with van der Waals surface area (Å²) in [6.45, 7) is 13.1. The zero-order valence-electron chi connectivity index (χ0n) is 19.4. The second-order valence-electron chi connectivity index (χ2n) is 8.59. The lowest BCUT2D eigenvalue weighted by Gasteiger charge is -2.19. The maximum absolute atomic E-state index is 13.1. The maximum Gasteiger partial charge on any atom is 0.323 e. The number of nitrogens with one attached hydrogen (secondary N) is 1. The number of rotatable bonds is 9. The highest BCUT2D eigenvalue weighted by Crippen LogP contribution is 2.43. The van der Waals surface area contributed by atoms with Gasteiger partial charge in [0.05, 0.1) is 4.90 Å². The molecule has 0 amide bonds. The molecule has 0 saturated heterocycles. The maximum atomic E-state index is 13.1. The van der Waals surface area contributed by atoms with Gasteiger partial charge >= 0.3 is 5.97 Å². The van der Waals surface area contributed by atoms with Gasteiger partial charge in [-0.15, -0.1) is 0 Å². The Bertz CT molecular complexity index is 1030. The molecule has 0 aromatic heterocycles. The third kappa shape index (κ3) is 5.80. The number of guanidine groups is 1. The van der Waals surface area contributed by atoms with E-state index in [9.17, 15) is 13.2 Å². The number of nitrogens with two attached hydrogens (primary N) is 2. The monoisotopic (exact) mass is 466 g/mol. The molecule has 0 saturated carbocycles. The molecule has 1 heterocycles. The molecule has 10 heteroatoms. The lowest BCUT2D eigenvalue weighted by Crippen LogP contribution is -2.38. The summed E-state index contributed by atoms with van der Waals surface area (Å²) in [5, 5.41) is 0. The molecule has 1 aromatic rings. The van der Waals surface area contributed by atoms with Crippen molar-refractivity contribution in [1.29, 1.82) is 0 Å². The molecule has 0 aliphatic carbocycles. The minimum absolute atomic E-state index is 0.100. The number of esters is 1. The first-order chi connectivity index (χ1) is 14.8. The number of carbonyl (C=O) groups excluding carboxylic acids is 1. The Morgan fingerprint density at radius 3 is 2.59 bits per heavy atom. The topological polar surface area (TPSA) is 146 Å². The van der Waals surface area contributed by atoms with E-state index in [0.717, 1.165) is 17.5 Å². The van der Waals surface area contributed by atoms with Gasteiger partial charge in [0.1, 0.15) is 24.0 Å². The van der Waals surface area contributed by atoms with Crippen LogP contribution in [0.5, 0.6) is 5.75 Å². The molecule has 1 aliphatic rings. The third-order valence-corrected chi connectivity index (χ3v) is 7.03. The van der Waals surface area contributed by atoms with Crippen LogP contribution < -0.4 is 20.9 Å². The van der Waals surface area contributed by atoms with Gasteiger partial charge in [-0.25, -0.2) is 13.1 Å². The fraction of sp³-hybridized carbons (Fsp3) is 0.545. The lowest BCUT2D eigenvalue weighted by molar-refractivity contribution is -0.144. The molecular formula is C22H34N4O5S. The summed E-state index contributed by atoms with van der Waals surface area (Å²) >= 11 is 0. The van der Waals surface area contributed by atoms with Crippen molar-refractivity contribution in [2.75, 3.05) is 13.2 Å². The standard InChI is InChI=1S/C22H34N4O5S/c1-7-11-30-20(27)17(23)9-8-10-25-21(24)26-32(28,29)19-14(3)13(2)16-12-22(5,6)31-18(16)15(19)4/h7,17H,1,8-12,23H2,2-6H3,(H3,24,25,26)/t17-/m1/s1. The number of sulfonamides is 1. The number of hydrogen-bond donors (Lipinski definition) is 3. The Kier molecular flexibility index (Phi) is 7.95. The number of hydrogen-bond acceptors (Lipinski definition) is 7. The molecular weight excluding hydrogens is 432 g/mol. The van der Waals surface area contributed by atoms with Gasteiger partial charge in [0.25, 0.3) is 10.0 Å². The number of nitrogens with zero attached hydrogens (tertiary/aromatic N) is 1. The van der Waals surface area contributed by atoms with Gasteiger partial charge in [-0.3, -0.25) is 9.79 Å². The van der Waals surface area contributed by atoms with E-state index in [1.165, 1.54) is 6.08 Å². The Morgan fingerprint density at radius 1 is 1.31 bits per heavy atom. The number of fused-ring (bicyclic) bond motifs is 1. The molecule has 0 fully saturated rings. The summed E-state index contributed by atoms with van der Waals surface area (Å²) in [4.78, 5) is 15.8. The van der Waals surface area contributed by atoms with Crippen LogP contribution in [0.4, 0.5) is 0 Å². The van der Waals surface area contributed by atoms with E-state index in [0.29, 0.717) is 29.7 Å². The van der Waals surface area contributed by atoms with Crippen molar-refractivity contribution in [2.45, 2.75) is 70.4 Å². The predicted molar refractivity (Wildman–Crippen MR) is 124 cm³/mol. The van der Waals surface area contributed by atoms with Crippen LogP contribution in [0, 0.1) is 20.8 Å². The van der Waals surface area contributed by atoms with Crippen LogP contribution >= 0.6 is 0 Å². The highest BCUT2D eigenvalue weighted by molar-refractivity contribution is 7.90. The average Bonchev–Trinajstić information content (AvgIpc) is 3.03. The van der Waals surface area contributed by atoms with E-state index in [2.05, 4.69) is 16.3 Å². The van der Waals surface area contributed by atoms with Gasteiger partial charge in [0.2, 0.25) is 5.96 Å². The van der Waals surface area contributed by atoms with Gasteiger partial charge in [0, 0.05) is 24.1 Å². The van der Waals surface area contributed by atoms with Gasteiger partial charge in [-0.05, 0) is 58.6 Å². The van der Waals surface area contributed by atoms with Crippen molar-refractivity contribution in [3.63, 3.8) is 0 Å². The SMILES string of the molecule is C=CCOC(=O)[C@H](N)CCCN=C(N)NS(=O)(=O)c1c(C)c(C)c2c(c1C)OC(C)(C)C2. The first-order valence-corrected chi connectivity index (χ1v) is 12.0. The van der Waals surface area contributed by atoms with Crippen molar-refractivity contribution in [3.8, 4) is 5.75 Å². The number of benzene rings is 1. The van der Waals surface area contributed by atoms with Gasteiger partial charge in [0.15, 0.2) is 0 Å². The molecule has 2 rings (SSSR count). The summed E-state index contributed by atoms with van der Waals surface area (Å²) in [6.07, 6.45) is 2.94. The van der Waals surface area contributed by atoms with Gasteiger partial charge < -0.3 is 20.9 Å². The first-order valence-electron chi connectivity index (χ1n) is 10.5. The Labute approximate surface area is 190 Å². The number of ether oxygens (including phenoxy) is 2. The van der Waals surface area contributed by atoms with Crippen LogP contribution in [-0.4, -0.2) is 45.1 Å². The van der Waals surface area contributed by atoms with Gasteiger partial charge in [-0.1, -0.05) is 12.7 Å². The van der Waals surface area contributed by atoms with Crippen molar-refractivity contribution in [2.24, 2.45) is 16.5 Å².